The van der Waals surface area contributed by atoms with Crippen molar-refractivity contribution in [1.82, 2.24) is 0 Å². The van der Waals surface area contributed by atoms with Gasteiger partial charge in [-0.1, -0.05) is 25.0 Å². The maximum absolute atomic E-state index is 10.9. The van der Waals surface area contributed by atoms with E-state index in [1.54, 1.807) is 19.1 Å². The lowest BCUT2D eigenvalue weighted by Crippen LogP contribution is -2.19. The smallest absolute Gasteiger partial charge is 0.313 e. The molecule has 0 spiro atoms. The van der Waals surface area contributed by atoms with Gasteiger partial charge in [-0.3, -0.25) is 10.1 Å². The molecule has 98 valence electrons. The molecule has 18 heavy (non-hydrogen) atoms. The number of phenols is 1. The lowest BCUT2D eigenvalue weighted by Gasteiger charge is -2.20. The molecule has 0 heterocycles. The highest BCUT2D eigenvalue weighted by atomic mass is 16.6. The molecular formula is C13H18N2O3. The summed E-state index contributed by atoms with van der Waals surface area (Å²) >= 11 is 0. The topological polar surface area (TPSA) is 89.4 Å². The second kappa shape index (κ2) is 4.94. The van der Waals surface area contributed by atoms with Gasteiger partial charge in [-0.05, 0) is 25.7 Å². The third kappa shape index (κ3) is 2.18. The molecule has 0 aliphatic heterocycles. The Morgan fingerprint density at radius 3 is 2.61 bits per heavy atom. The monoisotopic (exact) mass is 250 g/mol. The minimum absolute atomic E-state index is 0.221. The molecule has 0 amide bonds. The van der Waals surface area contributed by atoms with Crippen molar-refractivity contribution in [1.29, 1.82) is 0 Å². The zero-order chi connectivity index (χ0) is 13.3. The Bertz CT molecular complexity index is 468. The molecule has 0 aromatic heterocycles. The molecule has 1 fully saturated rings. The zero-order valence-corrected chi connectivity index (χ0v) is 10.4. The molecule has 0 saturated heterocycles. The zero-order valence-electron chi connectivity index (χ0n) is 10.4. The van der Waals surface area contributed by atoms with Crippen LogP contribution in [0.1, 0.15) is 42.9 Å². The van der Waals surface area contributed by atoms with Crippen LogP contribution < -0.4 is 5.73 Å². The van der Waals surface area contributed by atoms with E-state index >= 15 is 0 Å². The van der Waals surface area contributed by atoms with Gasteiger partial charge in [0.15, 0.2) is 5.75 Å². The second-order valence-corrected chi connectivity index (χ2v) is 5.00. The summed E-state index contributed by atoms with van der Waals surface area (Å²) in [7, 11) is 0. The fourth-order valence-corrected chi connectivity index (χ4v) is 2.77. The number of aryl methyl sites for hydroxylation is 1. The first-order valence-corrected chi connectivity index (χ1v) is 6.24. The van der Waals surface area contributed by atoms with Gasteiger partial charge in [0, 0.05) is 17.2 Å². The van der Waals surface area contributed by atoms with Gasteiger partial charge in [0.1, 0.15) is 0 Å². The number of hydrogen-bond donors (Lipinski definition) is 2. The van der Waals surface area contributed by atoms with Crippen LogP contribution in [0.4, 0.5) is 5.69 Å². The molecule has 1 saturated carbocycles. The summed E-state index contributed by atoms with van der Waals surface area (Å²) in [6.45, 7) is 1.61. The van der Waals surface area contributed by atoms with Gasteiger partial charge in [-0.25, -0.2) is 0 Å². The summed E-state index contributed by atoms with van der Waals surface area (Å²) in [5.74, 6) is 0.0533. The van der Waals surface area contributed by atoms with E-state index in [1.807, 2.05) is 0 Å². The van der Waals surface area contributed by atoms with Crippen molar-refractivity contribution in [2.45, 2.75) is 38.6 Å². The number of hydrogen-bond acceptors (Lipinski definition) is 4. The minimum Gasteiger partial charge on any atom is -0.502 e. The summed E-state index contributed by atoms with van der Waals surface area (Å²) in [4.78, 5) is 10.4. The Labute approximate surface area is 106 Å². The number of phenolic OH excluding ortho intramolecular Hbond substituents is 1. The van der Waals surface area contributed by atoms with Crippen LogP contribution in [0.5, 0.6) is 5.75 Å². The van der Waals surface area contributed by atoms with Gasteiger partial charge < -0.3 is 10.8 Å². The molecule has 1 aliphatic carbocycles. The molecular weight excluding hydrogens is 232 g/mol. The van der Waals surface area contributed by atoms with E-state index in [0.29, 0.717) is 17.0 Å². The third-order valence-electron chi connectivity index (χ3n) is 3.83. The first-order chi connectivity index (χ1) is 8.52. The van der Waals surface area contributed by atoms with E-state index in [9.17, 15) is 15.2 Å². The quantitative estimate of drug-likeness (QED) is 0.637. The second-order valence-electron chi connectivity index (χ2n) is 5.00. The van der Waals surface area contributed by atoms with Crippen LogP contribution in [-0.2, 0) is 0 Å². The highest BCUT2D eigenvalue weighted by Crippen LogP contribution is 2.41. The predicted molar refractivity (Wildman–Crippen MR) is 68.4 cm³/mol. The highest BCUT2D eigenvalue weighted by Gasteiger charge is 2.29. The van der Waals surface area contributed by atoms with Gasteiger partial charge in [-0.2, -0.15) is 0 Å². The Kier molecular flexibility index (Phi) is 3.52. The molecule has 3 N–H and O–H groups in total. The van der Waals surface area contributed by atoms with Crippen LogP contribution in [0.15, 0.2) is 12.1 Å². The van der Waals surface area contributed by atoms with Crippen LogP contribution in [0, 0.1) is 23.0 Å². The van der Waals surface area contributed by atoms with Gasteiger partial charge in [0.05, 0.1) is 4.92 Å². The summed E-state index contributed by atoms with van der Waals surface area (Å²) in [5.41, 5.74) is 6.87. The van der Waals surface area contributed by atoms with Crippen molar-refractivity contribution in [3.8, 4) is 5.75 Å². The average Bonchev–Trinajstić information content (AvgIpc) is 2.81. The fourth-order valence-electron chi connectivity index (χ4n) is 2.77. The average molecular weight is 250 g/mol. The van der Waals surface area contributed by atoms with Crippen LogP contribution in [-0.4, -0.2) is 10.0 Å². The maximum Gasteiger partial charge on any atom is 0.313 e. The summed E-state index contributed by atoms with van der Waals surface area (Å²) in [6.07, 6.45) is 4.35. The van der Waals surface area contributed by atoms with Crippen molar-refractivity contribution in [2.75, 3.05) is 0 Å². The SMILES string of the molecule is Cc1ccc([C@H](N)C2CCCC2)c(O)c1[N+](=O)[O-]. The van der Waals surface area contributed by atoms with E-state index in [4.69, 9.17) is 5.73 Å². The molecule has 0 radical (unpaired) electrons. The predicted octanol–water partition coefficient (Wildman–Crippen LogP) is 2.80. The molecule has 1 aromatic carbocycles. The lowest BCUT2D eigenvalue weighted by molar-refractivity contribution is -0.386. The fraction of sp³-hybridized carbons (Fsp3) is 0.538. The Hall–Kier alpha value is -1.62. The molecule has 1 atom stereocenters. The number of aromatic hydroxyl groups is 1. The third-order valence-corrected chi connectivity index (χ3v) is 3.83. The molecule has 2 rings (SSSR count). The normalized spacial score (nSPS) is 17.9. The van der Waals surface area contributed by atoms with Crippen molar-refractivity contribution in [3.63, 3.8) is 0 Å². The standard InChI is InChI=1S/C13H18N2O3/c1-8-6-7-10(13(16)12(8)15(17)18)11(14)9-4-2-3-5-9/h6-7,9,11,16H,2-5,14H2,1H3/t11-/m1/s1. The number of nitrogens with zero attached hydrogens (tertiary/aromatic N) is 1. The Balaban J connectivity index is 2.39. The summed E-state index contributed by atoms with van der Waals surface area (Å²) in [5, 5.41) is 21.0. The number of nitro benzene ring substituents is 1. The van der Waals surface area contributed by atoms with Crippen LogP contribution in [0.2, 0.25) is 0 Å². The van der Waals surface area contributed by atoms with Crippen LogP contribution in [0.3, 0.4) is 0 Å². The van der Waals surface area contributed by atoms with E-state index < -0.39 is 4.92 Å². The number of benzene rings is 1. The molecule has 0 bridgehead atoms. The Morgan fingerprint density at radius 2 is 2.06 bits per heavy atom. The minimum atomic E-state index is -0.546. The number of rotatable bonds is 3. The molecule has 5 heteroatoms. The largest absolute Gasteiger partial charge is 0.502 e. The van der Waals surface area contributed by atoms with E-state index in [1.165, 1.54) is 0 Å². The van der Waals surface area contributed by atoms with E-state index in [-0.39, 0.29) is 17.5 Å². The van der Waals surface area contributed by atoms with Gasteiger partial charge >= 0.3 is 5.69 Å². The summed E-state index contributed by atoms with van der Waals surface area (Å²) < 4.78 is 0. The van der Waals surface area contributed by atoms with Crippen LogP contribution >= 0.6 is 0 Å². The van der Waals surface area contributed by atoms with E-state index in [2.05, 4.69) is 0 Å². The van der Waals surface area contributed by atoms with Crippen molar-refractivity contribution >= 4 is 5.69 Å². The lowest BCUT2D eigenvalue weighted by atomic mass is 9.91. The summed E-state index contributed by atoms with van der Waals surface area (Å²) in [6, 6.07) is 3.05. The molecule has 1 aliphatic rings. The van der Waals surface area contributed by atoms with Crippen LogP contribution in [0.25, 0.3) is 0 Å². The van der Waals surface area contributed by atoms with Gasteiger partial charge in [0.25, 0.3) is 0 Å². The number of nitrogens with two attached hydrogens (primary N) is 1. The van der Waals surface area contributed by atoms with Gasteiger partial charge in [-0.15, -0.1) is 0 Å². The first kappa shape index (κ1) is 12.8. The van der Waals surface area contributed by atoms with Crippen molar-refractivity contribution in [3.05, 3.63) is 33.4 Å². The number of nitro groups is 1. The van der Waals surface area contributed by atoms with E-state index in [0.717, 1.165) is 25.7 Å². The first-order valence-electron chi connectivity index (χ1n) is 6.24. The van der Waals surface area contributed by atoms with Gasteiger partial charge in [0.2, 0.25) is 0 Å². The maximum atomic E-state index is 10.9. The Morgan fingerprint density at radius 1 is 1.44 bits per heavy atom. The molecule has 0 unspecified atom stereocenters. The van der Waals surface area contributed by atoms with Crippen molar-refractivity contribution in [2.24, 2.45) is 11.7 Å². The van der Waals surface area contributed by atoms with Crippen molar-refractivity contribution < 1.29 is 10.0 Å². The highest BCUT2D eigenvalue weighted by molar-refractivity contribution is 5.56. The molecule has 5 nitrogen and oxygen atoms in total. The molecule has 1 aromatic rings.